The lowest BCUT2D eigenvalue weighted by Crippen LogP contribution is -2.26. The van der Waals surface area contributed by atoms with E-state index in [9.17, 15) is 4.79 Å². The first-order valence-corrected chi connectivity index (χ1v) is 6.98. The monoisotopic (exact) mass is 280 g/mol. The molecule has 0 aliphatic heterocycles. The molecule has 5 nitrogen and oxygen atoms in total. The van der Waals surface area contributed by atoms with Crippen molar-refractivity contribution < 1.29 is 14.3 Å². The van der Waals surface area contributed by atoms with Crippen molar-refractivity contribution in [2.24, 2.45) is 0 Å². The second-order valence-electron chi connectivity index (χ2n) is 4.56. The summed E-state index contributed by atoms with van der Waals surface area (Å²) in [6.07, 6.45) is 3.30. The van der Waals surface area contributed by atoms with Gasteiger partial charge in [-0.15, -0.1) is 0 Å². The number of ether oxygens (including phenoxy) is 2. The molecule has 5 heteroatoms. The normalized spacial score (nSPS) is 10.3. The number of nitrogens with one attached hydrogen (secondary N) is 1. The SMILES string of the molecule is CCCCCOc1ccc(C(=O)NCCOC)cc1N. The van der Waals surface area contributed by atoms with Crippen LogP contribution in [0.15, 0.2) is 18.2 Å². The zero-order chi connectivity index (χ0) is 14.8. The highest BCUT2D eigenvalue weighted by atomic mass is 16.5. The van der Waals surface area contributed by atoms with Crippen molar-refractivity contribution in [1.29, 1.82) is 0 Å². The van der Waals surface area contributed by atoms with Gasteiger partial charge < -0.3 is 20.5 Å². The largest absolute Gasteiger partial charge is 0.491 e. The predicted molar refractivity (Wildman–Crippen MR) is 80.1 cm³/mol. The van der Waals surface area contributed by atoms with E-state index in [1.165, 1.54) is 0 Å². The van der Waals surface area contributed by atoms with Crippen LogP contribution in [0.4, 0.5) is 5.69 Å². The molecular formula is C15H24N2O3. The van der Waals surface area contributed by atoms with Crippen LogP contribution < -0.4 is 15.8 Å². The summed E-state index contributed by atoms with van der Waals surface area (Å²) >= 11 is 0. The first-order valence-electron chi connectivity index (χ1n) is 6.98. The zero-order valence-corrected chi connectivity index (χ0v) is 12.3. The predicted octanol–water partition coefficient (Wildman–Crippen LogP) is 2.21. The molecule has 0 atom stereocenters. The summed E-state index contributed by atoms with van der Waals surface area (Å²) in [6.45, 7) is 3.76. The Morgan fingerprint density at radius 3 is 2.75 bits per heavy atom. The average molecular weight is 280 g/mol. The molecule has 112 valence electrons. The van der Waals surface area contributed by atoms with E-state index in [0.717, 1.165) is 19.3 Å². The molecule has 0 aromatic heterocycles. The number of amides is 1. The van der Waals surface area contributed by atoms with Gasteiger partial charge in [0.15, 0.2) is 0 Å². The van der Waals surface area contributed by atoms with Crippen molar-refractivity contribution in [3.8, 4) is 5.75 Å². The number of nitrogen functional groups attached to an aromatic ring is 1. The Hall–Kier alpha value is -1.75. The highest BCUT2D eigenvalue weighted by molar-refractivity contribution is 5.95. The molecule has 1 amide bonds. The van der Waals surface area contributed by atoms with E-state index in [4.69, 9.17) is 15.2 Å². The fourth-order valence-electron chi connectivity index (χ4n) is 1.72. The fraction of sp³-hybridized carbons (Fsp3) is 0.533. The van der Waals surface area contributed by atoms with Crippen LogP contribution in [-0.2, 0) is 4.74 Å². The van der Waals surface area contributed by atoms with Gasteiger partial charge >= 0.3 is 0 Å². The molecule has 1 aromatic carbocycles. The third kappa shape index (κ3) is 5.48. The molecule has 20 heavy (non-hydrogen) atoms. The van der Waals surface area contributed by atoms with Gasteiger partial charge in [-0.25, -0.2) is 0 Å². The number of carbonyl (C=O) groups is 1. The van der Waals surface area contributed by atoms with E-state index in [0.29, 0.717) is 36.8 Å². The Balaban J connectivity index is 2.51. The van der Waals surface area contributed by atoms with Crippen molar-refractivity contribution in [3.63, 3.8) is 0 Å². The number of hydrogen-bond acceptors (Lipinski definition) is 4. The minimum atomic E-state index is -0.161. The number of hydrogen-bond donors (Lipinski definition) is 2. The smallest absolute Gasteiger partial charge is 0.251 e. The van der Waals surface area contributed by atoms with Crippen LogP contribution in [0.3, 0.4) is 0 Å². The van der Waals surface area contributed by atoms with Gasteiger partial charge in [0.25, 0.3) is 5.91 Å². The van der Waals surface area contributed by atoms with Crippen molar-refractivity contribution >= 4 is 11.6 Å². The molecule has 3 N–H and O–H groups in total. The summed E-state index contributed by atoms with van der Waals surface area (Å²) < 4.78 is 10.5. The van der Waals surface area contributed by atoms with Gasteiger partial charge in [0.2, 0.25) is 0 Å². The van der Waals surface area contributed by atoms with Crippen LogP contribution in [0.1, 0.15) is 36.5 Å². The van der Waals surface area contributed by atoms with Crippen molar-refractivity contribution in [2.75, 3.05) is 32.6 Å². The lowest BCUT2D eigenvalue weighted by Gasteiger charge is -2.10. The molecule has 0 spiro atoms. The molecule has 0 saturated carbocycles. The number of carbonyl (C=O) groups excluding carboxylic acids is 1. The highest BCUT2D eigenvalue weighted by Gasteiger charge is 2.08. The van der Waals surface area contributed by atoms with Crippen molar-refractivity contribution in [1.82, 2.24) is 5.32 Å². The number of nitrogens with two attached hydrogens (primary N) is 1. The Morgan fingerprint density at radius 2 is 2.10 bits per heavy atom. The van der Waals surface area contributed by atoms with Gasteiger partial charge in [0.05, 0.1) is 18.9 Å². The number of unbranched alkanes of at least 4 members (excludes halogenated alkanes) is 2. The topological polar surface area (TPSA) is 73.6 Å². The van der Waals surface area contributed by atoms with E-state index in [2.05, 4.69) is 12.2 Å². The van der Waals surface area contributed by atoms with Gasteiger partial charge in [0.1, 0.15) is 5.75 Å². The summed E-state index contributed by atoms with van der Waals surface area (Å²) in [7, 11) is 1.59. The summed E-state index contributed by atoms with van der Waals surface area (Å²) in [5.74, 6) is 0.473. The molecule has 0 aliphatic rings. The van der Waals surface area contributed by atoms with Crippen LogP contribution in [0.2, 0.25) is 0 Å². The highest BCUT2D eigenvalue weighted by Crippen LogP contribution is 2.22. The molecule has 0 heterocycles. The van der Waals surface area contributed by atoms with Crippen LogP contribution in [0.25, 0.3) is 0 Å². The average Bonchev–Trinajstić information content (AvgIpc) is 2.45. The Morgan fingerprint density at radius 1 is 1.30 bits per heavy atom. The molecular weight excluding hydrogens is 256 g/mol. The fourth-order valence-corrected chi connectivity index (χ4v) is 1.72. The maximum atomic E-state index is 11.8. The Bertz CT molecular complexity index is 422. The van der Waals surface area contributed by atoms with Gasteiger partial charge in [-0.3, -0.25) is 4.79 Å². The molecule has 1 aromatic rings. The second kappa shape index (κ2) is 9.20. The minimum absolute atomic E-state index is 0.161. The number of anilines is 1. The Labute approximate surface area is 120 Å². The summed E-state index contributed by atoms with van der Waals surface area (Å²) in [4.78, 5) is 11.8. The third-order valence-corrected chi connectivity index (χ3v) is 2.87. The maximum absolute atomic E-state index is 11.8. The zero-order valence-electron chi connectivity index (χ0n) is 12.3. The van der Waals surface area contributed by atoms with Crippen molar-refractivity contribution in [3.05, 3.63) is 23.8 Å². The van der Waals surface area contributed by atoms with Gasteiger partial charge in [-0.2, -0.15) is 0 Å². The first-order chi connectivity index (χ1) is 9.69. The third-order valence-electron chi connectivity index (χ3n) is 2.87. The standard InChI is InChI=1S/C15H24N2O3/c1-3-4-5-9-20-14-7-6-12(11-13(14)16)15(18)17-8-10-19-2/h6-7,11H,3-5,8-10,16H2,1-2H3,(H,17,18). The van der Waals surface area contributed by atoms with E-state index < -0.39 is 0 Å². The van der Waals surface area contributed by atoms with Gasteiger partial charge in [0, 0.05) is 19.2 Å². The number of benzene rings is 1. The van der Waals surface area contributed by atoms with Gasteiger partial charge in [-0.1, -0.05) is 19.8 Å². The molecule has 0 fully saturated rings. The van der Waals surface area contributed by atoms with E-state index in [1.54, 1.807) is 25.3 Å². The van der Waals surface area contributed by atoms with E-state index in [1.807, 2.05) is 0 Å². The van der Waals surface area contributed by atoms with E-state index in [-0.39, 0.29) is 5.91 Å². The number of rotatable bonds is 9. The second-order valence-corrected chi connectivity index (χ2v) is 4.56. The van der Waals surface area contributed by atoms with Gasteiger partial charge in [-0.05, 0) is 24.6 Å². The molecule has 0 aliphatic carbocycles. The Kier molecular flexibility index (Phi) is 7.50. The summed E-state index contributed by atoms with van der Waals surface area (Å²) in [6, 6.07) is 5.09. The molecule has 0 radical (unpaired) electrons. The van der Waals surface area contributed by atoms with Crippen LogP contribution >= 0.6 is 0 Å². The van der Waals surface area contributed by atoms with Crippen LogP contribution in [0, 0.1) is 0 Å². The lowest BCUT2D eigenvalue weighted by atomic mass is 10.1. The summed E-state index contributed by atoms with van der Waals surface area (Å²) in [5.41, 5.74) is 6.91. The minimum Gasteiger partial charge on any atom is -0.491 e. The maximum Gasteiger partial charge on any atom is 0.251 e. The molecule has 0 bridgehead atoms. The van der Waals surface area contributed by atoms with E-state index >= 15 is 0 Å². The molecule has 1 rings (SSSR count). The molecule has 0 saturated heterocycles. The van der Waals surface area contributed by atoms with Crippen molar-refractivity contribution in [2.45, 2.75) is 26.2 Å². The van der Waals surface area contributed by atoms with Crippen LogP contribution in [0.5, 0.6) is 5.75 Å². The number of methoxy groups -OCH3 is 1. The molecule has 0 unspecified atom stereocenters. The quantitative estimate of drug-likeness (QED) is 0.537. The lowest BCUT2D eigenvalue weighted by molar-refractivity contribution is 0.0937. The van der Waals surface area contributed by atoms with Crippen LogP contribution in [-0.4, -0.2) is 32.8 Å². The summed E-state index contributed by atoms with van der Waals surface area (Å²) in [5, 5.41) is 2.75. The first kappa shape index (κ1) is 16.3.